The Hall–Kier alpha value is -0.930. The van der Waals surface area contributed by atoms with Crippen molar-refractivity contribution in [3.8, 4) is 0 Å². The Kier molecular flexibility index (Phi) is 15.0. The molecule has 0 unspecified atom stereocenters. The molecule has 0 aliphatic heterocycles. The fraction of sp³-hybridized carbons (Fsp3) is 0.850. The van der Waals surface area contributed by atoms with Crippen LogP contribution in [0.2, 0.25) is 0 Å². The number of rotatable bonds is 16. The summed E-state index contributed by atoms with van der Waals surface area (Å²) in [6.45, 7) is 4.21. The molecule has 0 aliphatic rings. The van der Waals surface area contributed by atoms with Gasteiger partial charge in [0.15, 0.2) is 0 Å². The molecule has 0 aromatic heterocycles. The highest BCUT2D eigenvalue weighted by atomic mass is 19.3. The largest absolute Gasteiger partial charge is 0.461 e. The summed E-state index contributed by atoms with van der Waals surface area (Å²) in [5, 5.41) is 0. The van der Waals surface area contributed by atoms with Crippen LogP contribution in [0.3, 0.4) is 0 Å². The summed E-state index contributed by atoms with van der Waals surface area (Å²) in [5.41, 5.74) is 0. The van der Waals surface area contributed by atoms with Gasteiger partial charge in [0.1, 0.15) is 6.61 Å². The quantitative estimate of drug-likeness (QED) is 0.174. The van der Waals surface area contributed by atoms with Crippen molar-refractivity contribution in [2.75, 3.05) is 6.61 Å². The highest BCUT2D eigenvalue weighted by Crippen LogP contribution is 2.23. The van der Waals surface area contributed by atoms with Crippen molar-refractivity contribution in [1.82, 2.24) is 0 Å². The molecule has 0 N–H and O–H groups in total. The Bertz CT molecular complexity index is 328. The topological polar surface area (TPSA) is 26.3 Å². The van der Waals surface area contributed by atoms with Crippen molar-refractivity contribution in [1.29, 1.82) is 0 Å². The molecule has 142 valence electrons. The maximum atomic E-state index is 13.6. The van der Waals surface area contributed by atoms with Crippen LogP contribution in [0.5, 0.6) is 0 Å². The van der Waals surface area contributed by atoms with Crippen LogP contribution in [0.25, 0.3) is 0 Å². The lowest BCUT2D eigenvalue weighted by molar-refractivity contribution is -0.142. The molecule has 0 rings (SSSR count). The van der Waals surface area contributed by atoms with E-state index in [1.165, 1.54) is 25.3 Å². The molecule has 0 aliphatic carbocycles. The van der Waals surface area contributed by atoms with Gasteiger partial charge in [0.05, 0.1) is 0 Å². The van der Waals surface area contributed by atoms with Gasteiger partial charge in [0, 0.05) is 12.8 Å². The van der Waals surface area contributed by atoms with E-state index in [0.29, 0.717) is 12.8 Å². The number of alkyl halides is 2. The van der Waals surface area contributed by atoms with Crippen molar-refractivity contribution in [3.63, 3.8) is 0 Å². The summed E-state index contributed by atoms with van der Waals surface area (Å²) >= 11 is 0. The van der Waals surface area contributed by atoms with E-state index >= 15 is 0 Å². The SMILES string of the molecule is CCCCCCCCC(=O)OCC=CC(F)(F)CCCCCCC. The van der Waals surface area contributed by atoms with E-state index in [0.717, 1.165) is 51.0 Å². The van der Waals surface area contributed by atoms with Crippen LogP contribution in [0.1, 0.15) is 97.3 Å². The van der Waals surface area contributed by atoms with E-state index in [9.17, 15) is 13.6 Å². The summed E-state index contributed by atoms with van der Waals surface area (Å²) in [6, 6.07) is 0. The number of carbonyl (C=O) groups is 1. The zero-order valence-corrected chi connectivity index (χ0v) is 15.6. The van der Waals surface area contributed by atoms with E-state index in [4.69, 9.17) is 4.74 Å². The average molecular weight is 347 g/mol. The molecular formula is C20H36F2O2. The molecule has 0 radical (unpaired) electrons. The number of esters is 1. The molecule has 0 saturated heterocycles. The number of hydrogen-bond acceptors (Lipinski definition) is 2. The third-order valence-electron chi connectivity index (χ3n) is 4.05. The second-order valence-corrected chi connectivity index (χ2v) is 6.53. The Labute approximate surface area is 147 Å². The van der Waals surface area contributed by atoms with Crippen LogP contribution in [-0.2, 0) is 9.53 Å². The second kappa shape index (κ2) is 15.6. The zero-order valence-electron chi connectivity index (χ0n) is 15.6. The second-order valence-electron chi connectivity index (χ2n) is 6.53. The number of allylic oxidation sites excluding steroid dienone is 1. The maximum absolute atomic E-state index is 13.6. The molecule has 24 heavy (non-hydrogen) atoms. The van der Waals surface area contributed by atoms with E-state index in [1.54, 1.807) is 0 Å². The zero-order chi connectivity index (χ0) is 18.1. The third kappa shape index (κ3) is 15.9. The van der Waals surface area contributed by atoms with E-state index in [-0.39, 0.29) is 19.0 Å². The smallest absolute Gasteiger partial charge is 0.306 e. The van der Waals surface area contributed by atoms with E-state index < -0.39 is 5.92 Å². The fourth-order valence-corrected chi connectivity index (χ4v) is 2.53. The summed E-state index contributed by atoms with van der Waals surface area (Å²) in [7, 11) is 0. The molecule has 0 saturated carbocycles. The van der Waals surface area contributed by atoms with Crippen LogP contribution >= 0.6 is 0 Å². The molecule has 0 heterocycles. The van der Waals surface area contributed by atoms with Gasteiger partial charge in [-0.1, -0.05) is 71.6 Å². The van der Waals surface area contributed by atoms with Crippen LogP contribution < -0.4 is 0 Å². The number of ether oxygens (including phenoxy) is 1. The predicted molar refractivity (Wildman–Crippen MR) is 96.4 cm³/mol. The van der Waals surface area contributed by atoms with Crippen molar-refractivity contribution < 1.29 is 18.3 Å². The Morgan fingerprint density at radius 1 is 0.875 bits per heavy atom. The minimum atomic E-state index is -2.79. The summed E-state index contributed by atoms with van der Waals surface area (Å²) in [5.74, 6) is -3.09. The first kappa shape index (κ1) is 23.1. The highest BCUT2D eigenvalue weighted by molar-refractivity contribution is 5.69. The number of hydrogen-bond donors (Lipinski definition) is 0. The predicted octanol–water partition coefficient (Wildman–Crippen LogP) is 6.83. The summed E-state index contributed by atoms with van der Waals surface area (Å²) in [4.78, 5) is 11.5. The van der Waals surface area contributed by atoms with Crippen molar-refractivity contribution in [2.24, 2.45) is 0 Å². The minimum Gasteiger partial charge on any atom is -0.461 e. The standard InChI is InChI=1S/C20H36F2O2/c1-3-5-7-9-10-12-15-19(23)24-18-14-17-20(21,22)16-13-11-8-6-4-2/h14,17H,3-13,15-16,18H2,1-2H3. The first-order valence-electron chi connectivity index (χ1n) is 9.73. The third-order valence-corrected chi connectivity index (χ3v) is 4.05. The molecule has 0 bridgehead atoms. The number of unbranched alkanes of at least 4 members (excludes halogenated alkanes) is 9. The van der Waals surface area contributed by atoms with Crippen LogP contribution in [0, 0.1) is 0 Å². The lowest BCUT2D eigenvalue weighted by Crippen LogP contribution is -2.12. The van der Waals surface area contributed by atoms with Gasteiger partial charge in [-0.25, -0.2) is 8.78 Å². The molecular weight excluding hydrogens is 310 g/mol. The fourth-order valence-electron chi connectivity index (χ4n) is 2.53. The molecule has 0 atom stereocenters. The Morgan fingerprint density at radius 3 is 2.04 bits per heavy atom. The maximum Gasteiger partial charge on any atom is 0.306 e. The van der Waals surface area contributed by atoms with E-state index in [2.05, 4.69) is 13.8 Å². The molecule has 0 aromatic carbocycles. The van der Waals surface area contributed by atoms with Gasteiger partial charge in [0.2, 0.25) is 0 Å². The first-order valence-corrected chi connectivity index (χ1v) is 9.73. The average Bonchev–Trinajstić information content (AvgIpc) is 2.54. The van der Waals surface area contributed by atoms with Gasteiger partial charge < -0.3 is 4.74 Å². The van der Waals surface area contributed by atoms with Crippen molar-refractivity contribution in [3.05, 3.63) is 12.2 Å². The molecule has 2 nitrogen and oxygen atoms in total. The first-order chi connectivity index (χ1) is 11.5. The number of carbonyl (C=O) groups excluding carboxylic acids is 1. The summed E-state index contributed by atoms with van der Waals surface area (Å²) < 4.78 is 32.1. The normalized spacial score (nSPS) is 12.0. The van der Waals surface area contributed by atoms with Gasteiger partial charge in [-0.15, -0.1) is 0 Å². The summed E-state index contributed by atoms with van der Waals surface area (Å²) in [6.07, 6.45) is 13.7. The Morgan fingerprint density at radius 2 is 1.42 bits per heavy atom. The Balaban J connectivity index is 3.64. The van der Waals surface area contributed by atoms with Crippen LogP contribution in [-0.4, -0.2) is 18.5 Å². The van der Waals surface area contributed by atoms with Gasteiger partial charge in [-0.3, -0.25) is 4.79 Å². The van der Waals surface area contributed by atoms with Crippen molar-refractivity contribution in [2.45, 2.75) is 103 Å². The van der Waals surface area contributed by atoms with E-state index in [1.807, 2.05) is 0 Å². The number of halogens is 2. The molecule has 0 spiro atoms. The molecule has 0 fully saturated rings. The highest BCUT2D eigenvalue weighted by Gasteiger charge is 2.23. The lowest BCUT2D eigenvalue weighted by atomic mass is 10.1. The van der Waals surface area contributed by atoms with Gasteiger partial charge >= 0.3 is 5.97 Å². The van der Waals surface area contributed by atoms with Gasteiger partial charge in [-0.2, -0.15) is 0 Å². The minimum absolute atomic E-state index is 0.0555. The van der Waals surface area contributed by atoms with Crippen LogP contribution in [0.15, 0.2) is 12.2 Å². The molecule has 4 heteroatoms. The lowest BCUT2D eigenvalue weighted by Gasteiger charge is -2.11. The molecule has 0 amide bonds. The van der Waals surface area contributed by atoms with Gasteiger partial charge in [0.25, 0.3) is 5.92 Å². The van der Waals surface area contributed by atoms with Gasteiger partial charge in [-0.05, 0) is 25.0 Å². The monoisotopic (exact) mass is 346 g/mol. The van der Waals surface area contributed by atoms with Crippen molar-refractivity contribution >= 4 is 5.97 Å². The molecule has 0 aromatic rings. The van der Waals surface area contributed by atoms with Crippen LogP contribution in [0.4, 0.5) is 8.78 Å².